The Bertz CT molecular complexity index is 521. The lowest BCUT2D eigenvalue weighted by Crippen LogP contribution is -2.16. The number of alkyl halides is 2. The first-order valence-corrected chi connectivity index (χ1v) is 6.89. The van der Waals surface area contributed by atoms with Crippen molar-refractivity contribution in [3.63, 3.8) is 0 Å². The third-order valence-corrected chi connectivity index (χ3v) is 5.11. The molecule has 2 rings (SSSR count). The Morgan fingerprint density at radius 2 is 0.889 bits per heavy atom. The molecule has 0 aromatic rings. The molecule has 2 atom stereocenters. The zero-order chi connectivity index (χ0) is 13.8. The molecule has 0 spiro atoms. The van der Waals surface area contributed by atoms with Crippen LogP contribution in [0.25, 0.3) is 0 Å². The van der Waals surface area contributed by atoms with Crippen molar-refractivity contribution >= 4 is 81.2 Å². The second kappa shape index (κ2) is 5.01. The number of halogens is 6. The Labute approximate surface area is 132 Å². The molecule has 2 aliphatic carbocycles. The van der Waals surface area contributed by atoms with Crippen molar-refractivity contribution in [1.82, 2.24) is 0 Å². The first-order chi connectivity index (χ1) is 8.29. The van der Waals surface area contributed by atoms with E-state index in [2.05, 4.69) is 0 Å². The summed E-state index contributed by atoms with van der Waals surface area (Å²) in [5.74, 6) is -1.12. The molecule has 0 saturated carbocycles. The van der Waals surface area contributed by atoms with Crippen molar-refractivity contribution < 1.29 is 9.59 Å². The van der Waals surface area contributed by atoms with Crippen LogP contribution < -0.4 is 0 Å². The molecular weight excluding hydrogens is 365 g/mol. The number of rotatable bonds is 0. The number of allylic oxidation sites excluding steroid dienone is 6. The Morgan fingerprint density at radius 3 is 1.06 bits per heavy atom. The van der Waals surface area contributed by atoms with Crippen molar-refractivity contribution in [2.45, 2.75) is 10.8 Å². The Kier molecular flexibility index (Phi) is 4.09. The maximum atomic E-state index is 11.6. The Hall–Kier alpha value is 0.300. The minimum absolute atomic E-state index is 0.0559. The Morgan fingerprint density at radius 1 is 0.611 bits per heavy atom. The average molecular weight is 367 g/mol. The van der Waals surface area contributed by atoms with Gasteiger partial charge in [-0.25, -0.2) is 0 Å². The average Bonchev–Trinajstić information content (AvgIpc) is 2.64. The molecule has 0 aromatic carbocycles. The van der Waals surface area contributed by atoms with Gasteiger partial charge in [0.1, 0.15) is 20.8 Å². The van der Waals surface area contributed by atoms with Gasteiger partial charge in [0.05, 0.1) is 10.1 Å². The van der Waals surface area contributed by atoms with Crippen LogP contribution in [0.5, 0.6) is 0 Å². The van der Waals surface area contributed by atoms with Crippen LogP contribution in [0.15, 0.2) is 31.3 Å². The van der Waals surface area contributed by atoms with Gasteiger partial charge < -0.3 is 0 Å². The van der Waals surface area contributed by atoms with Crippen molar-refractivity contribution in [3.8, 4) is 0 Å². The molecule has 2 nitrogen and oxygen atoms in total. The molecule has 96 valence electrons. The van der Waals surface area contributed by atoms with E-state index in [9.17, 15) is 9.59 Å². The molecule has 0 aromatic heterocycles. The van der Waals surface area contributed by atoms with E-state index in [1.165, 1.54) is 0 Å². The minimum atomic E-state index is -1.12. The van der Waals surface area contributed by atoms with Crippen LogP contribution in [-0.2, 0) is 9.59 Å². The van der Waals surface area contributed by atoms with Crippen LogP contribution in [0.1, 0.15) is 0 Å². The fraction of sp³-hybridized carbons (Fsp3) is 0.200. The highest BCUT2D eigenvalue weighted by atomic mass is 35.5. The van der Waals surface area contributed by atoms with E-state index in [-0.39, 0.29) is 31.3 Å². The molecular formula is C10H2Cl6O2. The molecule has 0 N–H and O–H groups in total. The summed E-state index contributed by atoms with van der Waals surface area (Å²) in [7, 11) is 0. The van der Waals surface area contributed by atoms with Crippen LogP contribution in [0.4, 0.5) is 0 Å². The van der Waals surface area contributed by atoms with Gasteiger partial charge in [0.2, 0.25) is 0 Å². The van der Waals surface area contributed by atoms with Crippen LogP contribution in [0, 0.1) is 0 Å². The van der Waals surface area contributed by atoms with Gasteiger partial charge in [-0.05, 0) is 0 Å². The number of hydrogen-bond acceptors (Lipinski definition) is 2. The van der Waals surface area contributed by atoms with Gasteiger partial charge >= 0.3 is 0 Å². The topological polar surface area (TPSA) is 34.1 Å². The summed E-state index contributed by atoms with van der Waals surface area (Å²) < 4.78 is 0. The van der Waals surface area contributed by atoms with Crippen LogP contribution >= 0.6 is 69.6 Å². The first kappa shape index (κ1) is 14.7. The third kappa shape index (κ3) is 1.94. The predicted octanol–water partition coefficient (Wildman–Crippen LogP) is 4.04. The van der Waals surface area contributed by atoms with E-state index < -0.39 is 22.3 Å². The van der Waals surface area contributed by atoms with E-state index in [1.807, 2.05) is 0 Å². The highest BCUT2D eigenvalue weighted by molar-refractivity contribution is 6.60. The highest BCUT2D eigenvalue weighted by Gasteiger charge is 2.44. The monoisotopic (exact) mass is 364 g/mol. The van der Waals surface area contributed by atoms with E-state index in [1.54, 1.807) is 0 Å². The maximum Gasteiger partial charge on any atom is 0.198 e. The molecule has 0 saturated heterocycles. The summed E-state index contributed by atoms with van der Waals surface area (Å²) in [6.45, 7) is 0. The van der Waals surface area contributed by atoms with E-state index >= 15 is 0 Å². The molecule has 0 amide bonds. The third-order valence-electron chi connectivity index (χ3n) is 2.55. The molecule has 0 heterocycles. The van der Waals surface area contributed by atoms with Gasteiger partial charge in [0, 0.05) is 11.1 Å². The van der Waals surface area contributed by atoms with Gasteiger partial charge in [-0.15, -0.1) is 23.2 Å². The smallest absolute Gasteiger partial charge is 0.198 e. The standard InChI is InChI=1S/C10H2Cl6O2/c11-3-1(5(13)9(17)7(3)15)2-4(12)8(16)10(18)6(2)14/h5-6H/b2-1+/t5-,6-/m0/s1. The molecule has 18 heavy (non-hydrogen) atoms. The van der Waals surface area contributed by atoms with Gasteiger partial charge in [0.25, 0.3) is 0 Å². The molecule has 0 aliphatic heterocycles. The number of hydrogen-bond donors (Lipinski definition) is 0. The summed E-state index contributed by atoms with van der Waals surface area (Å²) >= 11 is 35.1. The van der Waals surface area contributed by atoms with Crippen LogP contribution in [0.2, 0.25) is 0 Å². The summed E-state index contributed by atoms with van der Waals surface area (Å²) in [6, 6.07) is 0. The summed E-state index contributed by atoms with van der Waals surface area (Å²) in [6.07, 6.45) is 0. The SMILES string of the molecule is O=C1C(Cl)=C(Cl)/C(=C2/C(Cl)=C(Cl)C(=O)[C@H]2Cl)[C@@H]1Cl. The number of Topliss-reactive ketones (excluding diaryl/α,β-unsaturated/α-hetero) is 2. The quantitative estimate of drug-likeness (QED) is 0.606. The van der Waals surface area contributed by atoms with E-state index in [4.69, 9.17) is 69.6 Å². The Balaban J connectivity index is 2.71. The minimum Gasteiger partial charge on any atom is -0.291 e. The normalized spacial score (nSPS) is 33.2. The van der Waals surface area contributed by atoms with Crippen molar-refractivity contribution in [3.05, 3.63) is 31.3 Å². The van der Waals surface area contributed by atoms with Gasteiger partial charge in [0.15, 0.2) is 11.6 Å². The summed E-state index contributed by atoms with van der Waals surface area (Å²) in [4.78, 5) is 23.2. The van der Waals surface area contributed by atoms with Gasteiger partial charge in [-0.3, -0.25) is 9.59 Å². The van der Waals surface area contributed by atoms with Crippen molar-refractivity contribution in [2.24, 2.45) is 0 Å². The van der Waals surface area contributed by atoms with E-state index in [0.29, 0.717) is 0 Å². The molecule has 0 bridgehead atoms. The lowest BCUT2D eigenvalue weighted by molar-refractivity contribution is -0.114. The zero-order valence-electron chi connectivity index (χ0n) is 8.24. The molecule has 2 aliphatic rings. The molecule has 0 radical (unpaired) electrons. The van der Waals surface area contributed by atoms with Crippen molar-refractivity contribution in [1.29, 1.82) is 0 Å². The lowest BCUT2D eigenvalue weighted by atomic mass is 10.1. The fourth-order valence-corrected chi connectivity index (χ4v) is 3.59. The lowest BCUT2D eigenvalue weighted by Gasteiger charge is -2.11. The largest absolute Gasteiger partial charge is 0.291 e. The summed E-state index contributed by atoms with van der Waals surface area (Å²) in [5, 5.41) is -2.76. The van der Waals surface area contributed by atoms with Gasteiger partial charge in [-0.1, -0.05) is 46.4 Å². The summed E-state index contributed by atoms with van der Waals surface area (Å²) in [5.41, 5.74) is 0.282. The van der Waals surface area contributed by atoms with Crippen LogP contribution in [-0.4, -0.2) is 22.3 Å². The predicted molar refractivity (Wildman–Crippen MR) is 73.8 cm³/mol. The maximum absolute atomic E-state index is 11.6. The van der Waals surface area contributed by atoms with Crippen molar-refractivity contribution in [2.75, 3.05) is 0 Å². The highest BCUT2D eigenvalue weighted by Crippen LogP contribution is 2.47. The molecule has 8 heteroatoms. The van der Waals surface area contributed by atoms with Gasteiger partial charge in [-0.2, -0.15) is 0 Å². The first-order valence-electron chi connectivity index (χ1n) is 4.51. The second-order valence-corrected chi connectivity index (χ2v) is 5.92. The number of ketones is 2. The van der Waals surface area contributed by atoms with E-state index in [0.717, 1.165) is 0 Å². The second-order valence-electron chi connectivity index (χ2n) is 3.54. The number of carbonyl (C=O) groups excluding carboxylic acids is 2. The zero-order valence-corrected chi connectivity index (χ0v) is 12.8. The van der Waals surface area contributed by atoms with Crippen LogP contribution in [0.3, 0.4) is 0 Å². The molecule has 0 fully saturated rings. The number of carbonyl (C=O) groups is 2. The fourth-order valence-electron chi connectivity index (χ4n) is 1.67. The molecule has 0 unspecified atom stereocenters.